The van der Waals surface area contributed by atoms with E-state index in [1.807, 2.05) is 17.5 Å². The fourth-order valence-corrected chi connectivity index (χ4v) is 2.54. The third-order valence-corrected chi connectivity index (χ3v) is 3.64. The van der Waals surface area contributed by atoms with E-state index in [2.05, 4.69) is 21.6 Å². The van der Waals surface area contributed by atoms with Gasteiger partial charge in [-0.15, -0.1) is 11.3 Å². The lowest BCUT2D eigenvalue weighted by Crippen LogP contribution is -1.93. The molecule has 3 aromatic rings. The average Bonchev–Trinajstić information content (AvgIpc) is 3.10. The van der Waals surface area contributed by atoms with Crippen LogP contribution in [0.2, 0.25) is 0 Å². The van der Waals surface area contributed by atoms with Crippen molar-refractivity contribution in [2.45, 2.75) is 0 Å². The monoisotopic (exact) mass is 284 g/mol. The summed E-state index contributed by atoms with van der Waals surface area (Å²) in [5, 5.41) is 21.2. The molecule has 4 nitrogen and oxygen atoms in total. The fraction of sp³-hybridized carbons (Fsp3) is 0. The number of halogens is 1. The number of nitrogens with one attached hydrogen (secondary N) is 2. The molecule has 0 radical (unpaired) electrons. The molecule has 98 valence electrons. The summed E-state index contributed by atoms with van der Waals surface area (Å²) >= 11 is 1.53. The summed E-state index contributed by atoms with van der Waals surface area (Å²) < 4.78 is 12.9. The van der Waals surface area contributed by atoms with E-state index in [1.54, 1.807) is 12.1 Å². The van der Waals surface area contributed by atoms with Gasteiger partial charge in [-0.1, -0.05) is 6.07 Å². The molecule has 0 aliphatic heterocycles. The van der Waals surface area contributed by atoms with Crippen molar-refractivity contribution >= 4 is 22.8 Å². The minimum Gasteiger partial charge on any atom is -0.338 e. The normalized spacial score (nSPS) is 10.2. The third kappa shape index (κ3) is 2.27. The minimum atomic E-state index is -0.308. The Morgan fingerprint density at radius 1 is 1.25 bits per heavy atom. The Morgan fingerprint density at radius 3 is 2.70 bits per heavy atom. The summed E-state index contributed by atoms with van der Waals surface area (Å²) in [4.78, 5) is 0.946. The number of thiophene rings is 1. The Kier molecular flexibility index (Phi) is 3.19. The topological polar surface area (TPSA) is 64.5 Å². The average molecular weight is 284 g/mol. The van der Waals surface area contributed by atoms with Crippen molar-refractivity contribution in [2.24, 2.45) is 0 Å². The summed E-state index contributed by atoms with van der Waals surface area (Å²) in [6.45, 7) is 0. The SMILES string of the molecule is N#Cc1c(Nc2ccc(F)cc2)n[nH]c1-c1cccs1. The first-order valence-corrected chi connectivity index (χ1v) is 6.71. The van der Waals surface area contributed by atoms with E-state index < -0.39 is 0 Å². The first kappa shape index (κ1) is 12.4. The van der Waals surface area contributed by atoms with E-state index in [4.69, 9.17) is 0 Å². The first-order chi connectivity index (χ1) is 9.78. The highest BCUT2D eigenvalue weighted by atomic mass is 32.1. The lowest BCUT2D eigenvalue weighted by atomic mass is 10.2. The van der Waals surface area contributed by atoms with Gasteiger partial charge in [-0.05, 0) is 35.7 Å². The van der Waals surface area contributed by atoms with Gasteiger partial charge < -0.3 is 5.32 Å². The summed E-state index contributed by atoms with van der Waals surface area (Å²) in [5.41, 5.74) is 1.80. The van der Waals surface area contributed by atoms with Crippen molar-refractivity contribution in [1.29, 1.82) is 5.26 Å². The number of nitriles is 1. The lowest BCUT2D eigenvalue weighted by molar-refractivity contribution is 0.628. The first-order valence-electron chi connectivity index (χ1n) is 5.83. The number of rotatable bonds is 3. The Hall–Kier alpha value is -2.65. The summed E-state index contributed by atoms with van der Waals surface area (Å²) in [5.74, 6) is 0.125. The number of hydrogen-bond donors (Lipinski definition) is 2. The zero-order valence-corrected chi connectivity index (χ0v) is 11.0. The maximum atomic E-state index is 12.9. The van der Waals surface area contributed by atoms with Crippen molar-refractivity contribution in [2.75, 3.05) is 5.32 Å². The van der Waals surface area contributed by atoms with Crippen molar-refractivity contribution in [1.82, 2.24) is 10.2 Å². The van der Waals surface area contributed by atoms with Crippen LogP contribution in [-0.2, 0) is 0 Å². The zero-order valence-electron chi connectivity index (χ0n) is 10.2. The van der Waals surface area contributed by atoms with Crippen LogP contribution in [0, 0.1) is 17.1 Å². The van der Waals surface area contributed by atoms with E-state index in [0.717, 1.165) is 4.88 Å². The Labute approximate surface area is 118 Å². The Balaban J connectivity index is 1.95. The molecule has 0 aliphatic carbocycles. The second-order valence-corrected chi connectivity index (χ2v) is 4.99. The van der Waals surface area contributed by atoms with E-state index in [-0.39, 0.29) is 5.82 Å². The predicted octanol–water partition coefficient (Wildman–Crippen LogP) is 3.89. The van der Waals surface area contributed by atoms with Crippen LogP contribution < -0.4 is 5.32 Å². The molecule has 2 aromatic heterocycles. The Morgan fingerprint density at radius 2 is 2.05 bits per heavy atom. The van der Waals surface area contributed by atoms with Crippen LogP contribution in [0.15, 0.2) is 41.8 Å². The van der Waals surface area contributed by atoms with E-state index in [1.165, 1.54) is 23.5 Å². The maximum absolute atomic E-state index is 12.9. The van der Waals surface area contributed by atoms with Crippen LogP contribution in [-0.4, -0.2) is 10.2 Å². The third-order valence-electron chi connectivity index (χ3n) is 2.75. The molecule has 0 unspecified atom stereocenters. The molecule has 2 N–H and O–H groups in total. The number of hydrogen-bond acceptors (Lipinski definition) is 4. The molecule has 0 aliphatic rings. The van der Waals surface area contributed by atoms with Crippen molar-refractivity contribution in [3.05, 3.63) is 53.2 Å². The quantitative estimate of drug-likeness (QED) is 0.766. The van der Waals surface area contributed by atoms with Gasteiger partial charge in [0, 0.05) is 5.69 Å². The van der Waals surface area contributed by atoms with Gasteiger partial charge in [0.05, 0.1) is 10.6 Å². The summed E-state index contributed by atoms with van der Waals surface area (Å²) in [6, 6.07) is 11.9. The number of H-pyrrole nitrogens is 1. The number of anilines is 2. The van der Waals surface area contributed by atoms with Crippen LogP contribution in [0.25, 0.3) is 10.6 Å². The van der Waals surface area contributed by atoms with Crippen molar-refractivity contribution < 1.29 is 4.39 Å². The number of aromatic amines is 1. The van der Waals surface area contributed by atoms with Gasteiger partial charge in [-0.2, -0.15) is 10.4 Å². The molecule has 0 atom stereocenters. The van der Waals surface area contributed by atoms with Gasteiger partial charge in [0.25, 0.3) is 0 Å². The molecule has 0 saturated carbocycles. The highest BCUT2D eigenvalue weighted by Gasteiger charge is 2.15. The van der Waals surface area contributed by atoms with E-state index in [9.17, 15) is 9.65 Å². The smallest absolute Gasteiger partial charge is 0.170 e. The van der Waals surface area contributed by atoms with Gasteiger partial charge in [0.1, 0.15) is 17.4 Å². The van der Waals surface area contributed by atoms with E-state index in [0.29, 0.717) is 22.8 Å². The van der Waals surface area contributed by atoms with Gasteiger partial charge in [-0.25, -0.2) is 4.39 Å². The van der Waals surface area contributed by atoms with Crippen molar-refractivity contribution in [3.63, 3.8) is 0 Å². The predicted molar refractivity (Wildman–Crippen MR) is 76.3 cm³/mol. The van der Waals surface area contributed by atoms with Crippen LogP contribution in [0.5, 0.6) is 0 Å². The Bertz CT molecular complexity index is 754. The number of aromatic nitrogens is 2. The van der Waals surface area contributed by atoms with Gasteiger partial charge in [-0.3, -0.25) is 5.10 Å². The van der Waals surface area contributed by atoms with Gasteiger partial charge >= 0.3 is 0 Å². The summed E-state index contributed by atoms with van der Waals surface area (Å²) in [6.07, 6.45) is 0. The van der Waals surface area contributed by atoms with Crippen LogP contribution >= 0.6 is 11.3 Å². The van der Waals surface area contributed by atoms with E-state index >= 15 is 0 Å². The maximum Gasteiger partial charge on any atom is 0.170 e. The number of benzene rings is 1. The summed E-state index contributed by atoms with van der Waals surface area (Å²) in [7, 11) is 0. The van der Waals surface area contributed by atoms with Crippen LogP contribution in [0.3, 0.4) is 0 Å². The van der Waals surface area contributed by atoms with Crippen LogP contribution in [0.4, 0.5) is 15.9 Å². The largest absolute Gasteiger partial charge is 0.338 e. The van der Waals surface area contributed by atoms with Crippen molar-refractivity contribution in [3.8, 4) is 16.6 Å². The molecule has 0 amide bonds. The molecule has 0 spiro atoms. The highest BCUT2D eigenvalue weighted by molar-refractivity contribution is 7.13. The molecular formula is C14H9FN4S. The second-order valence-electron chi connectivity index (χ2n) is 4.04. The van der Waals surface area contributed by atoms with Gasteiger partial charge in [0.2, 0.25) is 0 Å². The molecule has 0 saturated heterocycles. The lowest BCUT2D eigenvalue weighted by Gasteiger charge is -2.02. The molecular weight excluding hydrogens is 275 g/mol. The molecule has 0 fully saturated rings. The molecule has 3 rings (SSSR count). The molecule has 2 heterocycles. The number of nitrogens with zero attached hydrogens (tertiary/aromatic N) is 2. The van der Waals surface area contributed by atoms with Gasteiger partial charge in [0.15, 0.2) is 5.82 Å². The molecule has 0 bridgehead atoms. The zero-order chi connectivity index (χ0) is 13.9. The molecule has 6 heteroatoms. The molecule has 20 heavy (non-hydrogen) atoms. The van der Waals surface area contributed by atoms with Crippen LogP contribution in [0.1, 0.15) is 5.56 Å². The minimum absolute atomic E-state index is 0.308. The highest BCUT2D eigenvalue weighted by Crippen LogP contribution is 2.30. The standard InChI is InChI=1S/C14H9FN4S/c15-9-3-5-10(6-4-9)17-14-11(8-16)13(18-19-14)12-2-1-7-20-12/h1-7H,(H2,17,18,19). The molecule has 1 aromatic carbocycles. The second kappa shape index (κ2) is 5.15. The fourth-order valence-electron chi connectivity index (χ4n) is 1.81.